The number of hydrogen-bond acceptors (Lipinski definition) is 2. The van der Waals surface area contributed by atoms with Gasteiger partial charge in [0.25, 0.3) is 5.91 Å². The summed E-state index contributed by atoms with van der Waals surface area (Å²) in [6, 6.07) is 10.1. The molecule has 2 aromatic rings. The third kappa shape index (κ3) is 3.93. The van der Waals surface area contributed by atoms with E-state index in [0.717, 1.165) is 16.5 Å². The Bertz CT molecular complexity index is 621. The van der Waals surface area contributed by atoms with Gasteiger partial charge in [-0.05, 0) is 66.5 Å². The number of thiophene rings is 1. The molecule has 106 valence electrons. The molecule has 1 aromatic heterocycles. The topological polar surface area (TPSA) is 29.1 Å². The van der Waals surface area contributed by atoms with Crippen LogP contribution in [0.2, 0.25) is 0 Å². The number of aryl methyl sites for hydroxylation is 2. The highest BCUT2D eigenvalue weighted by atomic mass is 79.9. The Morgan fingerprint density at radius 3 is 2.65 bits per heavy atom. The van der Waals surface area contributed by atoms with Gasteiger partial charge in [-0.2, -0.15) is 0 Å². The number of hydrogen-bond donors (Lipinski definition) is 1. The molecule has 0 aliphatic carbocycles. The van der Waals surface area contributed by atoms with Gasteiger partial charge in [0, 0.05) is 26.7 Å². The molecule has 2 rings (SSSR count). The Morgan fingerprint density at radius 1 is 1.30 bits per heavy atom. The summed E-state index contributed by atoms with van der Waals surface area (Å²) in [5.41, 5.74) is 1.82. The van der Waals surface area contributed by atoms with Crippen molar-refractivity contribution in [2.24, 2.45) is 0 Å². The van der Waals surface area contributed by atoms with Crippen LogP contribution < -0.4 is 5.32 Å². The summed E-state index contributed by atoms with van der Waals surface area (Å²) in [6.45, 7) is 6.14. The SMILES string of the molecule is Cc1ccc(C(=O)NC(C)Cc2ccc(C)s2)c(Br)c1. The molecule has 0 saturated heterocycles. The first-order chi connectivity index (χ1) is 9.45. The molecule has 1 unspecified atom stereocenters. The lowest BCUT2D eigenvalue weighted by atomic mass is 10.1. The molecule has 1 aromatic carbocycles. The van der Waals surface area contributed by atoms with Gasteiger partial charge in [0.05, 0.1) is 5.56 Å². The maximum absolute atomic E-state index is 12.2. The molecule has 0 aliphatic rings. The Hall–Kier alpha value is -1.13. The minimum atomic E-state index is -0.0300. The van der Waals surface area contributed by atoms with E-state index in [-0.39, 0.29) is 11.9 Å². The molecule has 0 spiro atoms. The Morgan fingerprint density at radius 2 is 2.05 bits per heavy atom. The molecule has 1 atom stereocenters. The van der Waals surface area contributed by atoms with E-state index in [4.69, 9.17) is 0 Å². The lowest BCUT2D eigenvalue weighted by Crippen LogP contribution is -2.34. The molecule has 0 bridgehead atoms. The van der Waals surface area contributed by atoms with Gasteiger partial charge >= 0.3 is 0 Å². The molecular weight excluding hydrogens is 334 g/mol. The zero-order chi connectivity index (χ0) is 14.7. The summed E-state index contributed by atoms with van der Waals surface area (Å²) in [5.74, 6) is -0.0300. The smallest absolute Gasteiger partial charge is 0.252 e. The van der Waals surface area contributed by atoms with Crippen LogP contribution in [-0.2, 0) is 6.42 Å². The Labute approximate surface area is 132 Å². The van der Waals surface area contributed by atoms with Crippen LogP contribution in [0.4, 0.5) is 0 Å². The van der Waals surface area contributed by atoms with Crippen LogP contribution in [-0.4, -0.2) is 11.9 Å². The van der Waals surface area contributed by atoms with Crippen molar-refractivity contribution in [3.63, 3.8) is 0 Å². The molecule has 1 amide bonds. The minimum absolute atomic E-state index is 0.0300. The van der Waals surface area contributed by atoms with Crippen molar-refractivity contribution >= 4 is 33.2 Å². The average Bonchev–Trinajstić information content (AvgIpc) is 2.74. The fraction of sp³-hybridized carbons (Fsp3) is 0.312. The lowest BCUT2D eigenvalue weighted by Gasteiger charge is -2.14. The highest BCUT2D eigenvalue weighted by Crippen LogP contribution is 2.19. The molecule has 4 heteroatoms. The average molecular weight is 352 g/mol. The van der Waals surface area contributed by atoms with E-state index in [0.29, 0.717) is 5.56 Å². The van der Waals surface area contributed by atoms with Crippen LogP contribution in [0.3, 0.4) is 0 Å². The van der Waals surface area contributed by atoms with Crippen molar-refractivity contribution in [2.45, 2.75) is 33.2 Å². The van der Waals surface area contributed by atoms with E-state index in [2.05, 4.69) is 40.3 Å². The second-order valence-electron chi connectivity index (χ2n) is 5.07. The predicted molar refractivity (Wildman–Crippen MR) is 88.6 cm³/mol. The van der Waals surface area contributed by atoms with Gasteiger partial charge in [-0.3, -0.25) is 4.79 Å². The van der Waals surface area contributed by atoms with Crippen molar-refractivity contribution in [1.29, 1.82) is 0 Å². The van der Waals surface area contributed by atoms with Gasteiger partial charge in [-0.25, -0.2) is 0 Å². The van der Waals surface area contributed by atoms with Crippen LogP contribution in [0.15, 0.2) is 34.8 Å². The quantitative estimate of drug-likeness (QED) is 0.863. The summed E-state index contributed by atoms with van der Waals surface area (Å²) < 4.78 is 0.842. The first kappa shape index (κ1) is 15.3. The van der Waals surface area contributed by atoms with Crippen LogP contribution in [0.1, 0.15) is 32.6 Å². The maximum atomic E-state index is 12.2. The summed E-state index contributed by atoms with van der Waals surface area (Å²) in [5, 5.41) is 3.05. The standard InChI is InChI=1S/C16H18BrNOS/c1-10-4-7-14(15(17)8-10)16(19)18-11(2)9-13-6-5-12(3)20-13/h4-8,11H,9H2,1-3H3,(H,18,19). The minimum Gasteiger partial charge on any atom is -0.349 e. The van der Waals surface area contributed by atoms with E-state index in [1.54, 1.807) is 11.3 Å². The number of amides is 1. The Kier molecular flexibility index (Phi) is 5.00. The fourth-order valence-electron chi connectivity index (χ4n) is 2.05. The van der Waals surface area contributed by atoms with Crippen molar-refractivity contribution in [1.82, 2.24) is 5.32 Å². The highest BCUT2D eigenvalue weighted by Gasteiger charge is 2.13. The van der Waals surface area contributed by atoms with E-state index in [1.165, 1.54) is 9.75 Å². The molecule has 0 aliphatic heterocycles. The van der Waals surface area contributed by atoms with E-state index in [9.17, 15) is 4.79 Å². The predicted octanol–water partition coefficient (Wildman–Crippen LogP) is 4.49. The van der Waals surface area contributed by atoms with E-state index < -0.39 is 0 Å². The van der Waals surface area contributed by atoms with Crippen LogP contribution in [0.5, 0.6) is 0 Å². The normalized spacial score (nSPS) is 12.2. The van der Waals surface area contributed by atoms with Crippen LogP contribution in [0.25, 0.3) is 0 Å². The number of halogens is 1. The second-order valence-corrected chi connectivity index (χ2v) is 7.30. The molecule has 0 radical (unpaired) electrons. The van der Waals surface area contributed by atoms with Gasteiger partial charge in [0.1, 0.15) is 0 Å². The Balaban J connectivity index is 2.00. The fourth-order valence-corrected chi connectivity index (χ4v) is 3.75. The summed E-state index contributed by atoms with van der Waals surface area (Å²) in [4.78, 5) is 14.9. The number of carbonyl (C=O) groups is 1. The van der Waals surface area contributed by atoms with Gasteiger partial charge in [0.15, 0.2) is 0 Å². The van der Waals surface area contributed by atoms with Crippen LogP contribution >= 0.6 is 27.3 Å². The molecule has 20 heavy (non-hydrogen) atoms. The third-order valence-electron chi connectivity index (χ3n) is 3.05. The third-order valence-corrected chi connectivity index (χ3v) is 4.73. The van der Waals surface area contributed by atoms with Crippen molar-refractivity contribution in [2.75, 3.05) is 0 Å². The number of carbonyl (C=O) groups excluding carboxylic acids is 1. The second kappa shape index (κ2) is 6.55. The van der Waals surface area contributed by atoms with Gasteiger partial charge < -0.3 is 5.32 Å². The molecule has 1 N–H and O–H groups in total. The zero-order valence-electron chi connectivity index (χ0n) is 11.9. The van der Waals surface area contributed by atoms with Gasteiger partial charge in [-0.15, -0.1) is 11.3 Å². The van der Waals surface area contributed by atoms with E-state index >= 15 is 0 Å². The summed E-state index contributed by atoms with van der Waals surface area (Å²) in [7, 11) is 0. The molecule has 2 nitrogen and oxygen atoms in total. The maximum Gasteiger partial charge on any atom is 0.252 e. The number of benzene rings is 1. The first-order valence-corrected chi connectivity index (χ1v) is 8.19. The van der Waals surface area contributed by atoms with Gasteiger partial charge in [-0.1, -0.05) is 6.07 Å². The molecule has 0 fully saturated rings. The molecule has 0 saturated carbocycles. The lowest BCUT2D eigenvalue weighted by molar-refractivity contribution is 0.0939. The highest BCUT2D eigenvalue weighted by molar-refractivity contribution is 9.10. The number of nitrogens with one attached hydrogen (secondary N) is 1. The largest absolute Gasteiger partial charge is 0.349 e. The zero-order valence-corrected chi connectivity index (χ0v) is 14.3. The van der Waals surface area contributed by atoms with Crippen LogP contribution in [0, 0.1) is 13.8 Å². The summed E-state index contributed by atoms with van der Waals surface area (Å²) >= 11 is 5.23. The first-order valence-electron chi connectivity index (χ1n) is 6.58. The van der Waals surface area contributed by atoms with E-state index in [1.807, 2.05) is 32.0 Å². The van der Waals surface area contributed by atoms with Crippen molar-refractivity contribution in [3.05, 3.63) is 55.7 Å². The van der Waals surface area contributed by atoms with Crippen molar-refractivity contribution in [3.8, 4) is 0 Å². The molecule has 1 heterocycles. The summed E-state index contributed by atoms with van der Waals surface area (Å²) in [6.07, 6.45) is 0.869. The van der Waals surface area contributed by atoms with Gasteiger partial charge in [0.2, 0.25) is 0 Å². The monoisotopic (exact) mass is 351 g/mol. The molecular formula is C16H18BrNOS. The van der Waals surface area contributed by atoms with Crippen molar-refractivity contribution < 1.29 is 4.79 Å². The number of rotatable bonds is 4.